The Labute approximate surface area is 113 Å². The summed E-state index contributed by atoms with van der Waals surface area (Å²) < 4.78 is 0. The van der Waals surface area contributed by atoms with Crippen LogP contribution in [0.25, 0.3) is 0 Å². The lowest BCUT2D eigenvalue weighted by atomic mass is 9.98. The maximum Gasteiger partial charge on any atom is 0.0107 e. The van der Waals surface area contributed by atoms with Crippen molar-refractivity contribution in [2.24, 2.45) is 5.92 Å². The van der Waals surface area contributed by atoms with Crippen molar-refractivity contribution in [2.75, 3.05) is 52.9 Å². The summed E-state index contributed by atoms with van der Waals surface area (Å²) in [6, 6.07) is 0. The summed E-state index contributed by atoms with van der Waals surface area (Å²) in [5.41, 5.74) is 0. The van der Waals surface area contributed by atoms with E-state index < -0.39 is 0 Å². The van der Waals surface area contributed by atoms with Gasteiger partial charge in [-0.1, -0.05) is 12.8 Å². The molecule has 0 spiro atoms. The van der Waals surface area contributed by atoms with Crippen molar-refractivity contribution in [3.05, 3.63) is 0 Å². The van der Waals surface area contributed by atoms with Crippen LogP contribution in [0.15, 0.2) is 0 Å². The SMILES string of the molecule is CN1CCCC(CNCCN2CCCCCC2)C1. The first-order valence-electron chi connectivity index (χ1n) is 7.96. The van der Waals surface area contributed by atoms with Gasteiger partial charge >= 0.3 is 0 Å². The first-order valence-corrected chi connectivity index (χ1v) is 7.96. The number of hydrogen-bond acceptors (Lipinski definition) is 3. The van der Waals surface area contributed by atoms with Crippen molar-refractivity contribution in [1.29, 1.82) is 0 Å². The maximum atomic E-state index is 3.68. The molecule has 1 unspecified atom stereocenters. The number of piperidine rings is 1. The van der Waals surface area contributed by atoms with Gasteiger partial charge in [-0.2, -0.15) is 0 Å². The molecule has 2 fully saturated rings. The largest absolute Gasteiger partial charge is 0.315 e. The van der Waals surface area contributed by atoms with Gasteiger partial charge in [-0.3, -0.25) is 0 Å². The molecule has 18 heavy (non-hydrogen) atoms. The summed E-state index contributed by atoms with van der Waals surface area (Å²) in [4.78, 5) is 5.12. The molecule has 1 atom stereocenters. The van der Waals surface area contributed by atoms with E-state index in [0.29, 0.717) is 0 Å². The molecule has 2 aliphatic heterocycles. The van der Waals surface area contributed by atoms with Crippen molar-refractivity contribution in [2.45, 2.75) is 38.5 Å². The summed E-state index contributed by atoms with van der Waals surface area (Å²) in [5.74, 6) is 0.882. The molecule has 0 aromatic heterocycles. The highest BCUT2D eigenvalue weighted by molar-refractivity contribution is 4.73. The number of nitrogens with zero attached hydrogens (tertiary/aromatic N) is 2. The Bertz CT molecular complexity index is 208. The van der Waals surface area contributed by atoms with Gasteiger partial charge in [0.25, 0.3) is 0 Å². The normalized spacial score (nSPS) is 28.2. The van der Waals surface area contributed by atoms with Gasteiger partial charge in [-0.05, 0) is 64.8 Å². The van der Waals surface area contributed by atoms with Gasteiger partial charge in [0.2, 0.25) is 0 Å². The second-order valence-corrected chi connectivity index (χ2v) is 6.23. The molecule has 0 bridgehead atoms. The molecule has 0 amide bonds. The quantitative estimate of drug-likeness (QED) is 0.754. The molecule has 0 radical (unpaired) electrons. The van der Waals surface area contributed by atoms with Crippen LogP contribution in [0.5, 0.6) is 0 Å². The zero-order valence-electron chi connectivity index (χ0n) is 12.2. The van der Waals surface area contributed by atoms with Crippen LogP contribution in [-0.4, -0.2) is 62.7 Å². The van der Waals surface area contributed by atoms with Crippen LogP contribution in [0.4, 0.5) is 0 Å². The highest BCUT2D eigenvalue weighted by Gasteiger charge is 2.16. The van der Waals surface area contributed by atoms with Crippen molar-refractivity contribution < 1.29 is 0 Å². The molecule has 3 heteroatoms. The van der Waals surface area contributed by atoms with Gasteiger partial charge < -0.3 is 15.1 Å². The van der Waals surface area contributed by atoms with Gasteiger partial charge in [0.05, 0.1) is 0 Å². The number of likely N-dealkylation sites (tertiary alicyclic amines) is 2. The fourth-order valence-electron chi connectivity index (χ4n) is 3.34. The van der Waals surface area contributed by atoms with E-state index in [1.165, 1.54) is 84.3 Å². The van der Waals surface area contributed by atoms with Crippen LogP contribution >= 0.6 is 0 Å². The monoisotopic (exact) mass is 253 g/mol. The summed E-state index contributed by atoms with van der Waals surface area (Å²) >= 11 is 0. The van der Waals surface area contributed by atoms with Crippen LogP contribution in [0.2, 0.25) is 0 Å². The number of hydrogen-bond donors (Lipinski definition) is 1. The fourth-order valence-corrected chi connectivity index (χ4v) is 3.34. The minimum atomic E-state index is 0.882. The molecule has 0 aromatic rings. The molecular weight excluding hydrogens is 222 g/mol. The third-order valence-corrected chi connectivity index (χ3v) is 4.46. The molecule has 2 heterocycles. The molecule has 0 saturated carbocycles. The van der Waals surface area contributed by atoms with Gasteiger partial charge in [0.1, 0.15) is 0 Å². The molecule has 2 saturated heterocycles. The van der Waals surface area contributed by atoms with Crippen LogP contribution in [0.3, 0.4) is 0 Å². The Hall–Kier alpha value is -0.120. The van der Waals surface area contributed by atoms with Crippen LogP contribution < -0.4 is 5.32 Å². The van der Waals surface area contributed by atoms with E-state index >= 15 is 0 Å². The zero-order chi connectivity index (χ0) is 12.6. The van der Waals surface area contributed by atoms with Crippen molar-refractivity contribution in [3.63, 3.8) is 0 Å². The van der Waals surface area contributed by atoms with Crippen molar-refractivity contribution >= 4 is 0 Å². The number of nitrogens with one attached hydrogen (secondary N) is 1. The smallest absolute Gasteiger partial charge is 0.0107 e. The maximum absolute atomic E-state index is 3.68. The van der Waals surface area contributed by atoms with Crippen LogP contribution in [0.1, 0.15) is 38.5 Å². The lowest BCUT2D eigenvalue weighted by molar-refractivity contribution is 0.203. The average molecular weight is 253 g/mol. The van der Waals surface area contributed by atoms with Crippen molar-refractivity contribution in [3.8, 4) is 0 Å². The predicted molar refractivity (Wildman–Crippen MR) is 78.0 cm³/mol. The van der Waals surface area contributed by atoms with E-state index in [9.17, 15) is 0 Å². The molecule has 3 nitrogen and oxygen atoms in total. The molecule has 106 valence electrons. The Morgan fingerprint density at radius 2 is 1.78 bits per heavy atom. The average Bonchev–Trinajstić information content (AvgIpc) is 2.63. The molecule has 1 N–H and O–H groups in total. The summed E-state index contributed by atoms with van der Waals surface area (Å²) in [7, 11) is 2.25. The molecule has 0 aliphatic carbocycles. The van der Waals surface area contributed by atoms with Crippen molar-refractivity contribution in [1.82, 2.24) is 15.1 Å². The van der Waals surface area contributed by atoms with E-state index in [2.05, 4.69) is 22.2 Å². The highest BCUT2D eigenvalue weighted by Crippen LogP contribution is 2.13. The third kappa shape index (κ3) is 5.25. The Balaban J connectivity index is 1.52. The van der Waals surface area contributed by atoms with Gasteiger partial charge in [0, 0.05) is 19.6 Å². The first-order chi connectivity index (χ1) is 8.84. The topological polar surface area (TPSA) is 18.5 Å². The minimum Gasteiger partial charge on any atom is -0.315 e. The first kappa shape index (κ1) is 14.3. The van der Waals surface area contributed by atoms with Gasteiger partial charge in [0.15, 0.2) is 0 Å². The van der Waals surface area contributed by atoms with E-state index in [1.807, 2.05) is 0 Å². The Kier molecular flexibility index (Phi) is 6.46. The minimum absolute atomic E-state index is 0.882. The van der Waals surface area contributed by atoms with E-state index in [0.717, 1.165) is 5.92 Å². The van der Waals surface area contributed by atoms with Crippen LogP contribution in [0, 0.1) is 5.92 Å². The van der Waals surface area contributed by atoms with E-state index in [4.69, 9.17) is 0 Å². The predicted octanol–water partition coefficient (Wildman–Crippen LogP) is 1.79. The standard InChI is InChI=1S/C15H31N3/c1-17-9-6-7-15(14-17)13-16-8-12-18-10-4-2-3-5-11-18/h15-16H,2-14H2,1H3. The second-order valence-electron chi connectivity index (χ2n) is 6.23. The summed E-state index contributed by atoms with van der Waals surface area (Å²) in [5, 5.41) is 3.68. The van der Waals surface area contributed by atoms with Crippen LogP contribution in [-0.2, 0) is 0 Å². The number of rotatable bonds is 5. The molecule has 2 rings (SSSR count). The molecule has 0 aromatic carbocycles. The van der Waals surface area contributed by atoms with E-state index in [1.54, 1.807) is 0 Å². The fraction of sp³-hybridized carbons (Fsp3) is 1.00. The third-order valence-electron chi connectivity index (χ3n) is 4.46. The lowest BCUT2D eigenvalue weighted by Crippen LogP contribution is -2.39. The zero-order valence-corrected chi connectivity index (χ0v) is 12.2. The Morgan fingerprint density at radius 1 is 1.00 bits per heavy atom. The van der Waals surface area contributed by atoms with Gasteiger partial charge in [-0.25, -0.2) is 0 Å². The molecular formula is C15H31N3. The highest BCUT2D eigenvalue weighted by atomic mass is 15.1. The lowest BCUT2D eigenvalue weighted by Gasteiger charge is -2.30. The molecule has 2 aliphatic rings. The van der Waals surface area contributed by atoms with Gasteiger partial charge in [-0.15, -0.1) is 0 Å². The summed E-state index contributed by atoms with van der Waals surface area (Å²) in [6.07, 6.45) is 8.51. The van der Waals surface area contributed by atoms with E-state index in [-0.39, 0.29) is 0 Å². The second kappa shape index (κ2) is 8.13. The Morgan fingerprint density at radius 3 is 2.50 bits per heavy atom. The summed E-state index contributed by atoms with van der Waals surface area (Å²) in [6.45, 7) is 8.89.